The summed E-state index contributed by atoms with van der Waals surface area (Å²) in [6, 6.07) is 13.4. The van der Waals surface area contributed by atoms with Crippen molar-refractivity contribution in [1.29, 1.82) is 0 Å². The number of anilines is 2. The molecule has 0 spiro atoms. The van der Waals surface area contributed by atoms with Crippen molar-refractivity contribution in [2.45, 2.75) is 0 Å². The Kier molecular flexibility index (Phi) is 7.38. The lowest BCUT2D eigenvalue weighted by atomic mass is 10.2. The van der Waals surface area contributed by atoms with Gasteiger partial charge in [0.25, 0.3) is 0 Å². The number of nitrogens with zero attached hydrogens (tertiary/aromatic N) is 1. The SMILES string of the molecule is COc1ccc(NC(=O)CN(C)C(=O)/C=C/c2ccc(NS(C)(=O)=O)cc2)cc1. The molecule has 2 aromatic rings. The molecule has 0 atom stereocenters. The van der Waals surface area contributed by atoms with E-state index in [4.69, 9.17) is 4.74 Å². The molecular formula is C20H23N3O5S. The molecule has 0 unspecified atom stereocenters. The van der Waals surface area contributed by atoms with Gasteiger partial charge in [-0.1, -0.05) is 12.1 Å². The topological polar surface area (TPSA) is 105 Å². The molecule has 0 radical (unpaired) electrons. The molecule has 154 valence electrons. The van der Waals surface area contributed by atoms with Crippen molar-refractivity contribution in [3.63, 3.8) is 0 Å². The van der Waals surface area contributed by atoms with Crippen molar-refractivity contribution in [2.24, 2.45) is 0 Å². The maximum Gasteiger partial charge on any atom is 0.246 e. The summed E-state index contributed by atoms with van der Waals surface area (Å²) in [5, 5.41) is 2.71. The average molecular weight is 417 g/mol. The van der Waals surface area contributed by atoms with Crippen LogP contribution in [0.25, 0.3) is 6.08 Å². The summed E-state index contributed by atoms with van der Waals surface area (Å²) in [6.07, 6.45) is 4.00. The smallest absolute Gasteiger partial charge is 0.246 e. The average Bonchev–Trinajstić information content (AvgIpc) is 2.66. The normalized spacial score (nSPS) is 11.1. The first kappa shape index (κ1) is 22.0. The maximum atomic E-state index is 12.2. The first-order valence-corrected chi connectivity index (χ1v) is 10.5. The largest absolute Gasteiger partial charge is 0.497 e. The molecule has 2 amide bonds. The van der Waals surface area contributed by atoms with Crippen molar-refractivity contribution in [1.82, 2.24) is 4.90 Å². The van der Waals surface area contributed by atoms with Gasteiger partial charge in [-0.05, 0) is 48.0 Å². The van der Waals surface area contributed by atoms with E-state index in [9.17, 15) is 18.0 Å². The molecule has 0 fully saturated rings. The summed E-state index contributed by atoms with van der Waals surface area (Å²) in [4.78, 5) is 25.6. The minimum atomic E-state index is -3.34. The standard InChI is InChI=1S/C20H23N3O5S/c1-23(14-19(24)21-16-9-11-18(28-2)12-10-16)20(25)13-6-15-4-7-17(8-5-15)22-29(3,26)27/h4-13,22H,14H2,1-3H3,(H,21,24)/b13-6+. The quantitative estimate of drug-likeness (QED) is 0.641. The second-order valence-electron chi connectivity index (χ2n) is 6.30. The third-order valence-electron chi connectivity index (χ3n) is 3.76. The predicted octanol–water partition coefficient (Wildman–Crippen LogP) is 2.18. The van der Waals surface area contributed by atoms with Crippen molar-refractivity contribution < 1.29 is 22.7 Å². The second-order valence-corrected chi connectivity index (χ2v) is 8.05. The number of amides is 2. The van der Waals surface area contributed by atoms with Crippen LogP contribution in [0.3, 0.4) is 0 Å². The zero-order chi connectivity index (χ0) is 21.4. The Hall–Kier alpha value is -3.33. The molecule has 0 heterocycles. The van der Waals surface area contributed by atoms with E-state index >= 15 is 0 Å². The number of carbonyl (C=O) groups excluding carboxylic acids is 2. The lowest BCUT2D eigenvalue weighted by Gasteiger charge is -2.15. The Morgan fingerprint density at radius 3 is 2.17 bits per heavy atom. The number of carbonyl (C=O) groups is 2. The first-order chi connectivity index (χ1) is 13.7. The van der Waals surface area contributed by atoms with Gasteiger partial charge in [0.2, 0.25) is 21.8 Å². The van der Waals surface area contributed by atoms with E-state index in [0.717, 1.165) is 6.26 Å². The van der Waals surface area contributed by atoms with Crippen molar-refractivity contribution in [3.05, 3.63) is 60.2 Å². The van der Waals surface area contributed by atoms with Crippen LogP contribution in [-0.4, -0.2) is 52.1 Å². The Balaban J connectivity index is 1.87. The number of sulfonamides is 1. The third-order valence-corrected chi connectivity index (χ3v) is 4.37. The molecule has 0 bridgehead atoms. The fourth-order valence-corrected chi connectivity index (χ4v) is 2.90. The fraction of sp³-hybridized carbons (Fsp3) is 0.200. The van der Waals surface area contributed by atoms with Crippen molar-refractivity contribution in [3.8, 4) is 5.75 Å². The van der Waals surface area contributed by atoms with Crippen LogP contribution < -0.4 is 14.8 Å². The lowest BCUT2D eigenvalue weighted by Crippen LogP contribution is -2.33. The first-order valence-electron chi connectivity index (χ1n) is 8.61. The molecule has 2 N–H and O–H groups in total. The van der Waals surface area contributed by atoms with Crippen molar-refractivity contribution >= 4 is 39.3 Å². The van der Waals surface area contributed by atoms with Gasteiger partial charge in [-0.3, -0.25) is 14.3 Å². The number of ether oxygens (including phenoxy) is 1. The summed E-state index contributed by atoms with van der Waals surface area (Å²) in [6.45, 7) is -0.105. The van der Waals surface area contributed by atoms with Gasteiger partial charge in [-0.25, -0.2) is 8.42 Å². The zero-order valence-electron chi connectivity index (χ0n) is 16.4. The van der Waals surface area contributed by atoms with Crippen LogP contribution >= 0.6 is 0 Å². The Morgan fingerprint density at radius 1 is 1.03 bits per heavy atom. The fourth-order valence-electron chi connectivity index (χ4n) is 2.34. The van der Waals surface area contributed by atoms with Gasteiger partial charge in [0.1, 0.15) is 5.75 Å². The minimum Gasteiger partial charge on any atom is -0.497 e. The number of hydrogen-bond acceptors (Lipinski definition) is 5. The van der Waals surface area contributed by atoms with E-state index in [1.165, 1.54) is 18.0 Å². The second kappa shape index (κ2) is 9.74. The predicted molar refractivity (Wildman–Crippen MR) is 113 cm³/mol. The number of hydrogen-bond donors (Lipinski definition) is 2. The summed E-state index contributed by atoms with van der Waals surface area (Å²) < 4.78 is 29.8. The van der Waals surface area contributed by atoms with E-state index in [1.807, 2.05) is 0 Å². The van der Waals surface area contributed by atoms with E-state index in [0.29, 0.717) is 22.7 Å². The summed E-state index contributed by atoms with van der Waals surface area (Å²) in [5.41, 5.74) is 1.76. The number of nitrogens with one attached hydrogen (secondary N) is 2. The van der Waals surface area contributed by atoms with Crippen LogP contribution in [0.5, 0.6) is 5.75 Å². The van der Waals surface area contributed by atoms with E-state index in [1.54, 1.807) is 61.7 Å². The summed E-state index contributed by atoms with van der Waals surface area (Å²) >= 11 is 0. The number of likely N-dealkylation sites (N-methyl/N-ethyl adjacent to an activating group) is 1. The molecule has 0 saturated heterocycles. The van der Waals surface area contributed by atoms with Crippen LogP contribution in [0.1, 0.15) is 5.56 Å². The molecule has 0 aliphatic carbocycles. The molecule has 0 aliphatic heterocycles. The molecule has 0 aromatic heterocycles. The third kappa shape index (κ3) is 7.67. The lowest BCUT2D eigenvalue weighted by molar-refractivity contribution is -0.129. The van der Waals surface area contributed by atoms with Crippen LogP contribution in [0.15, 0.2) is 54.6 Å². The maximum absolute atomic E-state index is 12.2. The highest BCUT2D eigenvalue weighted by Crippen LogP contribution is 2.15. The Bertz CT molecular complexity index is 984. The van der Waals surface area contributed by atoms with Gasteiger partial charge in [0.15, 0.2) is 0 Å². The van der Waals surface area contributed by atoms with Crippen LogP contribution in [0, 0.1) is 0 Å². The highest BCUT2D eigenvalue weighted by atomic mass is 32.2. The number of benzene rings is 2. The van der Waals surface area contributed by atoms with E-state index in [-0.39, 0.29) is 18.4 Å². The van der Waals surface area contributed by atoms with Crippen LogP contribution in [-0.2, 0) is 19.6 Å². The molecule has 9 heteroatoms. The number of rotatable bonds is 8. The number of methoxy groups -OCH3 is 1. The Morgan fingerprint density at radius 2 is 1.62 bits per heavy atom. The molecule has 0 aliphatic rings. The Labute approximate surface area is 170 Å². The summed E-state index contributed by atoms with van der Waals surface area (Å²) in [7, 11) is -0.252. The minimum absolute atomic E-state index is 0.105. The molecule has 8 nitrogen and oxygen atoms in total. The van der Waals surface area contributed by atoms with Gasteiger partial charge in [-0.2, -0.15) is 0 Å². The van der Waals surface area contributed by atoms with Crippen molar-refractivity contribution in [2.75, 3.05) is 37.0 Å². The molecular weight excluding hydrogens is 394 g/mol. The van der Waals surface area contributed by atoms with Crippen LogP contribution in [0.2, 0.25) is 0 Å². The molecule has 29 heavy (non-hydrogen) atoms. The molecule has 0 saturated carbocycles. The van der Waals surface area contributed by atoms with E-state index in [2.05, 4.69) is 10.0 Å². The highest BCUT2D eigenvalue weighted by Gasteiger charge is 2.11. The highest BCUT2D eigenvalue weighted by molar-refractivity contribution is 7.92. The van der Waals surface area contributed by atoms with E-state index < -0.39 is 10.0 Å². The monoisotopic (exact) mass is 417 g/mol. The van der Waals surface area contributed by atoms with Gasteiger partial charge < -0.3 is 15.0 Å². The van der Waals surface area contributed by atoms with Gasteiger partial charge in [-0.15, -0.1) is 0 Å². The summed E-state index contributed by atoms with van der Waals surface area (Å²) in [5.74, 6) is 0.0180. The van der Waals surface area contributed by atoms with Gasteiger partial charge >= 0.3 is 0 Å². The van der Waals surface area contributed by atoms with Gasteiger partial charge in [0.05, 0.1) is 19.9 Å². The molecule has 2 aromatic carbocycles. The van der Waals surface area contributed by atoms with Gasteiger partial charge in [0, 0.05) is 24.5 Å². The zero-order valence-corrected chi connectivity index (χ0v) is 17.2. The van der Waals surface area contributed by atoms with Crippen LogP contribution in [0.4, 0.5) is 11.4 Å². The molecule has 2 rings (SSSR count).